The van der Waals surface area contributed by atoms with E-state index in [4.69, 9.17) is 39.2 Å². The molecule has 1 aromatic rings. The number of benzene rings is 1. The number of thioether (sulfide) groups is 8. The first-order valence-electron chi connectivity index (χ1n) is 29.8. The van der Waals surface area contributed by atoms with E-state index < -0.39 is 12.2 Å². The Balaban J connectivity index is 2.00. The summed E-state index contributed by atoms with van der Waals surface area (Å²) in [6, 6.07) is 7.99. The van der Waals surface area contributed by atoms with Crippen LogP contribution < -0.4 is 34.4 Å². The van der Waals surface area contributed by atoms with E-state index in [1.54, 1.807) is 45.6 Å². The van der Waals surface area contributed by atoms with Crippen LogP contribution in [-0.2, 0) is 30.6 Å². The summed E-state index contributed by atoms with van der Waals surface area (Å²) in [5, 5.41) is 25.9. The van der Waals surface area contributed by atoms with E-state index in [1.165, 1.54) is 23.5 Å². The van der Waals surface area contributed by atoms with E-state index >= 15 is 0 Å². The molecule has 29 heteroatoms. The van der Waals surface area contributed by atoms with Crippen molar-refractivity contribution >= 4 is 142 Å². The number of rotatable bonds is 22. The lowest BCUT2D eigenvalue weighted by molar-refractivity contribution is -0.132. The molecule has 2 aliphatic rings. The topological polar surface area (TPSA) is 336 Å². The maximum Gasteiger partial charge on any atom is 0.223 e. The van der Waals surface area contributed by atoms with Crippen LogP contribution in [0.2, 0.25) is 0 Å². The molecule has 4 amide bonds. The number of oxime groups is 1. The largest absolute Gasteiger partial charge is 0.396 e. The van der Waals surface area contributed by atoms with E-state index in [-0.39, 0.29) is 41.5 Å². The molecule has 14 N–H and O–H groups in total. The quantitative estimate of drug-likeness (QED) is 0.0336. The number of hydrogen-bond donors (Lipinski definition) is 8. The molecule has 0 saturated heterocycles. The van der Waals surface area contributed by atoms with Crippen LogP contribution in [0.25, 0.3) is 0 Å². The predicted molar refractivity (Wildman–Crippen MR) is 379 cm³/mol. The number of fused-ring (bicyclic) bond motifs is 41. The fourth-order valence-electron chi connectivity index (χ4n) is 8.07. The number of nitrogens with two attached hydrogens (primary N) is 6. The maximum absolute atomic E-state index is 13.8. The smallest absolute Gasteiger partial charge is 0.223 e. The average molecular weight is 1350 g/mol. The van der Waals surface area contributed by atoms with Crippen molar-refractivity contribution in [1.82, 2.24) is 19.6 Å². The van der Waals surface area contributed by atoms with Gasteiger partial charge in [0.2, 0.25) is 23.6 Å². The Morgan fingerprint density at radius 2 is 1.08 bits per heavy atom. The molecule has 0 fully saturated rings. The van der Waals surface area contributed by atoms with Crippen LogP contribution in [0.15, 0.2) is 57.1 Å². The van der Waals surface area contributed by atoms with Crippen LogP contribution in [-0.4, -0.2) is 254 Å². The van der Waals surface area contributed by atoms with Gasteiger partial charge < -0.3 is 69.1 Å². The van der Waals surface area contributed by atoms with Crippen molar-refractivity contribution in [2.24, 2.45) is 54.5 Å². The van der Waals surface area contributed by atoms with Crippen molar-refractivity contribution < 1.29 is 34.2 Å². The zero-order chi connectivity index (χ0) is 62.7. The highest BCUT2D eigenvalue weighted by molar-refractivity contribution is 8.01. The van der Waals surface area contributed by atoms with Crippen molar-refractivity contribution in [2.75, 3.05) is 164 Å². The Hall–Kier alpha value is -3.16. The summed E-state index contributed by atoms with van der Waals surface area (Å²) in [6.07, 6.45) is 9.59. The molecular formula is C57H102N14O7S8. The van der Waals surface area contributed by atoms with Crippen LogP contribution in [0.5, 0.6) is 0 Å². The molecule has 2 aliphatic heterocycles. The number of hydrogen-bond acceptors (Lipinski definition) is 19. The molecular weight excluding hydrogens is 1250 g/mol. The average Bonchev–Trinajstić information content (AvgIpc) is 3.70. The molecule has 0 radical (unpaired) electrons. The zero-order valence-corrected chi connectivity index (χ0v) is 57.2. The summed E-state index contributed by atoms with van der Waals surface area (Å²) in [6.45, 7) is 9.41. The Bertz CT molecular complexity index is 2100. The number of aliphatic imine (C=N–C) groups is 3. The van der Waals surface area contributed by atoms with Gasteiger partial charge in [0.1, 0.15) is 6.61 Å². The maximum atomic E-state index is 13.8. The molecule has 0 spiro atoms. The summed E-state index contributed by atoms with van der Waals surface area (Å²) in [5.41, 5.74) is 35.0. The van der Waals surface area contributed by atoms with Gasteiger partial charge in [-0.2, -0.15) is 94.1 Å². The fourth-order valence-corrected chi connectivity index (χ4v) is 15.8. The molecule has 490 valence electrons. The van der Waals surface area contributed by atoms with Gasteiger partial charge >= 0.3 is 0 Å². The minimum absolute atomic E-state index is 0.00786. The number of carbonyl (C=O) groups is 4. The lowest BCUT2D eigenvalue weighted by Gasteiger charge is -2.23. The van der Waals surface area contributed by atoms with Gasteiger partial charge in [0.15, 0.2) is 17.9 Å². The van der Waals surface area contributed by atoms with E-state index in [9.17, 15) is 29.4 Å². The molecule has 2 bridgehead atoms. The highest BCUT2D eigenvalue weighted by Crippen LogP contribution is 2.19. The van der Waals surface area contributed by atoms with Crippen molar-refractivity contribution in [3.05, 3.63) is 48.0 Å². The second-order valence-corrected chi connectivity index (χ2v) is 29.5. The van der Waals surface area contributed by atoms with Crippen LogP contribution in [0, 0.1) is 0 Å². The highest BCUT2D eigenvalue weighted by Gasteiger charge is 2.20. The number of amides is 4. The standard InChI is InChI=1S/C57H102N14O7S8/c1-2-21-68(25-18-64-55(58)59)51(74)14-39-82-36-8-34-80-30-5-24-71-44-48-12-10-47(11-13-48)43-67-78-28-6-32-81-35-9-38-84-40-15-52(75)69(26-19-65-56(60)61)22-3-29-79-33-7-37-83-41-16-53(76)70(27-20-66-57(62)63)23-4-31-85-45-49(72)50(73)46-86-42-17-54(71)77/h2,10-13,43,49-50,72-73H,1,3-9,14-42,44-46H2,(H4,58,59,64)(H4,60,61,65)(H4,62,63,66). The second kappa shape index (κ2) is 53.7. The van der Waals surface area contributed by atoms with Gasteiger partial charge in [0.05, 0.1) is 38.1 Å². The molecule has 0 aromatic heterocycles. The van der Waals surface area contributed by atoms with Crippen LogP contribution in [0.4, 0.5) is 0 Å². The zero-order valence-electron chi connectivity index (χ0n) is 50.6. The SMILES string of the molecule is C=CCN(CCN=C(N)N)C(=O)CCSCCCSCCCN1Cc2ccc(cc2)C=NOCCCSCCCSCCC(=O)N(CCN=C(N)N)CCCSCCCSCCC(=O)N(CCN=C(N)N)CCCSCC(O)C(O)CSCCC1=O. The van der Waals surface area contributed by atoms with Crippen LogP contribution in [0.3, 0.4) is 0 Å². The minimum Gasteiger partial charge on any atom is -0.396 e. The first-order chi connectivity index (χ1) is 41.7. The highest BCUT2D eigenvalue weighted by atomic mass is 32.2. The fraction of sp³-hybridized carbons (Fsp3) is 0.719. The monoisotopic (exact) mass is 1350 g/mol. The Kier molecular flexibility index (Phi) is 49.2. The van der Waals surface area contributed by atoms with Gasteiger partial charge in [-0.25, -0.2) is 0 Å². The first-order valence-corrected chi connectivity index (χ1v) is 39.0. The summed E-state index contributed by atoms with van der Waals surface area (Å²) in [4.78, 5) is 78.2. The van der Waals surface area contributed by atoms with Crippen molar-refractivity contribution in [2.45, 2.75) is 89.4 Å². The number of aliphatic hydroxyl groups is 2. The number of guanidine groups is 3. The number of nitrogens with zero attached hydrogens (tertiary/aromatic N) is 8. The third-order valence-corrected chi connectivity index (χ3v) is 21.6. The van der Waals surface area contributed by atoms with Gasteiger partial charge in [0, 0.05) is 113 Å². The Labute approximate surface area is 547 Å². The van der Waals surface area contributed by atoms with Gasteiger partial charge in [-0.15, -0.1) is 6.58 Å². The molecule has 0 aliphatic carbocycles. The van der Waals surface area contributed by atoms with E-state index in [2.05, 4.69) is 26.7 Å². The lowest BCUT2D eigenvalue weighted by Crippen LogP contribution is -2.35. The Morgan fingerprint density at radius 1 is 0.616 bits per heavy atom. The normalized spacial score (nSPS) is 18.9. The first kappa shape index (κ1) is 78.9. The van der Waals surface area contributed by atoms with Crippen molar-refractivity contribution in [3.8, 4) is 0 Å². The summed E-state index contributed by atoms with van der Waals surface area (Å²) in [7, 11) is 0. The number of aliphatic hydroxyl groups excluding tert-OH is 2. The molecule has 0 saturated carbocycles. The van der Waals surface area contributed by atoms with Gasteiger partial charge in [-0.1, -0.05) is 35.5 Å². The third-order valence-electron chi connectivity index (χ3n) is 12.7. The summed E-state index contributed by atoms with van der Waals surface area (Å²) < 4.78 is 0. The minimum atomic E-state index is -0.948. The molecule has 3 rings (SSSR count). The Morgan fingerprint density at radius 3 is 1.64 bits per heavy atom. The van der Waals surface area contributed by atoms with Crippen LogP contribution >= 0.6 is 94.1 Å². The molecule has 86 heavy (non-hydrogen) atoms. The summed E-state index contributed by atoms with van der Waals surface area (Å²) in [5.74, 6) is 13.1. The van der Waals surface area contributed by atoms with Crippen molar-refractivity contribution in [3.63, 3.8) is 0 Å². The third kappa shape index (κ3) is 43.5. The molecule has 21 nitrogen and oxygen atoms in total. The molecule has 2 heterocycles. The predicted octanol–water partition coefficient (Wildman–Crippen LogP) is 4.75. The van der Waals surface area contributed by atoms with Gasteiger partial charge in [-0.05, 0) is 114 Å². The summed E-state index contributed by atoms with van der Waals surface area (Å²) >= 11 is 14.0. The molecule has 1 aromatic carbocycles. The molecule has 2 atom stereocenters. The molecule has 2 unspecified atom stereocenters. The second-order valence-electron chi connectivity index (χ2n) is 19.9. The lowest BCUT2D eigenvalue weighted by atomic mass is 10.1. The van der Waals surface area contributed by atoms with Crippen LogP contribution in [0.1, 0.15) is 81.8 Å². The van der Waals surface area contributed by atoms with Crippen molar-refractivity contribution in [1.29, 1.82) is 0 Å². The van der Waals surface area contributed by atoms with E-state index in [0.717, 1.165) is 113 Å². The van der Waals surface area contributed by atoms with Gasteiger partial charge in [0.25, 0.3) is 0 Å². The number of carbonyl (C=O) groups excluding carboxylic acids is 4. The van der Waals surface area contributed by atoms with Gasteiger partial charge in [-0.3, -0.25) is 34.2 Å². The van der Waals surface area contributed by atoms with E-state index in [0.29, 0.717) is 139 Å². The van der Waals surface area contributed by atoms with E-state index in [1.807, 2.05) is 81.1 Å².